The molecule has 2 aromatic rings. The molecule has 17 heavy (non-hydrogen) atoms. The van der Waals surface area contributed by atoms with Gasteiger partial charge in [0.1, 0.15) is 5.82 Å². The molecule has 5 nitrogen and oxygen atoms in total. The van der Waals surface area contributed by atoms with Crippen LogP contribution in [0.5, 0.6) is 0 Å². The van der Waals surface area contributed by atoms with E-state index < -0.39 is 5.91 Å². The molecule has 0 saturated carbocycles. The Kier molecular flexibility index (Phi) is 4.20. The highest BCUT2D eigenvalue weighted by molar-refractivity contribution is 5.93. The maximum atomic E-state index is 11.1. The SMILES string of the molecule is CC.CCc1cc(C(N)=O)cc2nnc(C)n12. The smallest absolute Gasteiger partial charge is 0.248 e. The zero-order valence-electron chi connectivity index (χ0n) is 10.7. The number of primary amides is 1. The topological polar surface area (TPSA) is 73.3 Å². The number of carbonyl (C=O) groups excluding carboxylic acids is 1. The van der Waals surface area contributed by atoms with Crippen LogP contribution in [0.25, 0.3) is 5.65 Å². The van der Waals surface area contributed by atoms with Crippen molar-refractivity contribution in [2.24, 2.45) is 5.73 Å². The first-order chi connectivity index (χ1) is 8.13. The van der Waals surface area contributed by atoms with Gasteiger partial charge in [-0.1, -0.05) is 20.8 Å². The number of aryl methyl sites for hydroxylation is 2. The predicted octanol–water partition coefficient (Wildman–Crippen LogP) is 1.73. The molecule has 2 heterocycles. The summed E-state index contributed by atoms with van der Waals surface area (Å²) in [6.07, 6.45) is 0.802. The van der Waals surface area contributed by atoms with Crippen LogP contribution in [0.1, 0.15) is 42.6 Å². The molecule has 1 amide bonds. The summed E-state index contributed by atoms with van der Waals surface area (Å²) in [6, 6.07) is 3.44. The fraction of sp³-hybridized carbons (Fsp3) is 0.417. The molecule has 0 aliphatic heterocycles. The van der Waals surface area contributed by atoms with E-state index in [2.05, 4.69) is 10.2 Å². The minimum atomic E-state index is -0.437. The van der Waals surface area contributed by atoms with Crippen molar-refractivity contribution in [2.45, 2.75) is 34.1 Å². The number of aromatic nitrogens is 3. The molecule has 5 heteroatoms. The highest BCUT2D eigenvalue weighted by Crippen LogP contribution is 2.12. The van der Waals surface area contributed by atoms with Crippen molar-refractivity contribution in [3.63, 3.8) is 0 Å². The number of hydrogen-bond acceptors (Lipinski definition) is 3. The van der Waals surface area contributed by atoms with Crippen LogP contribution in [-0.4, -0.2) is 20.5 Å². The van der Waals surface area contributed by atoms with Crippen LogP contribution < -0.4 is 5.73 Å². The van der Waals surface area contributed by atoms with Crippen molar-refractivity contribution in [1.29, 1.82) is 0 Å². The van der Waals surface area contributed by atoms with Crippen LogP contribution >= 0.6 is 0 Å². The molecule has 0 spiro atoms. The van der Waals surface area contributed by atoms with E-state index in [9.17, 15) is 4.79 Å². The largest absolute Gasteiger partial charge is 0.366 e. The normalized spacial score (nSPS) is 9.88. The molecule has 0 bridgehead atoms. The van der Waals surface area contributed by atoms with E-state index >= 15 is 0 Å². The summed E-state index contributed by atoms with van der Waals surface area (Å²) in [5.74, 6) is 0.380. The molecule has 92 valence electrons. The standard InChI is InChI=1S/C10H12N4O.C2H6/c1-3-8-4-7(10(11)15)5-9-13-12-6(2)14(8)9;1-2/h4-5H,3H2,1-2H3,(H2,11,15);1-2H3. The van der Waals surface area contributed by atoms with Crippen molar-refractivity contribution in [3.8, 4) is 0 Å². The highest BCUT2D eigenvalue weighted by Gasteiger charge is 2.09. The van der Waals surface area contributed by atoms with Crippen molar-refractivity contribution in [2.75, 3.05) is 0 Å². The van der Waals surface area contributed by atoms with Gasteiger partial charge < -0.3 is 5.73 Å². The summed E-state index contributed by atoms with van der Waals surface area (Å²) in [7, 11) is 0. The Labute approximate surface area is 101 Å². The Morgan fingerprint density at radius 1 is 1.35 bits per heavy atom. The highest BCUT2D eigenvalue weighted by atomic mass is 16.1. The quantitative estimate of drug-likeness (QED) is 0.859. The van der Waals surface area contributed by atoms with Crippen molar-refractivity contribution >= 4 is 11.6 Å². The Hall–Kier alpha value is -1.91. The van der Waals surface area contributed by atoms with E-state index in [0.717, 1.165) is 17.9 Å². The second-order valence-corrected chi connectivity index (χ2v) is 3.39. The number of fused-ring (bicyclic) bond motifs is 1. The predicted molar refractivity (Wildman–Crippen MR) is 67.0 cm³/mol. The van der Waals surface area contributed by atoms with Crippen LogP contribution in [0.15, 0.2) is 12.1 Å². The number of amides is 1. The van der Waals surface area contributed by atoms with Gasteiger partial charge in [0.2, 0.25) is 5.91 Å². The minimum Gasteiger partial charge on any atom is -0.366 e. The van der Waals surface area contributed by atoms with Crippen LogP contribution in [-0.2, 0) is 6.42 Å². The van der Waals surface area contributed by atoms with Gasteiger partial charge >= 0.3 is 0 Å². The zero-order chi connectivity index (χ0) is 13.0. The molecule has 2 rings (SSSR count). The van der Waals surface area contributed by atoms with E-state index in [1.54, 1.807) is 12.1 Å². The van der Waals surface area contributed by atoms with Gasteiger partial charge in [-0.2, -0.15) is 0 Å². The number of nitrogens with zero attached hydrogens (tertiary/aromatic N) is 3. The zero-order valence-corrected chi connectivity index (χ0v) is 10.7. The summed E-state index contributed by atoms with van der Waals surface area (Å²) < 4.78 is 1.92. The Balaban J connectivity index is 0.000000686. The van der Waals surface area contributed by atoms with Crippen LogP contribution in [0.2, 0.25) is 0 Å². The van der Waals surface area contributed by atoms with Crippen LogP contribution in [0.3, 0.4) is 0 Å². The molecule has 0 aliphatic carbocycles. The summed E-state index contributed by atoms with van der Waals surface area (Å²) >= 11 is 0. The van der Waals surface area contributed by atoms with Gasteiger partial charge in [0.25, 0.3) is 0 Å². The maximum absolute atomic E-state index is 11.1. The third-order valence-electron chi connectivity index (χ3n) is 2.39. The molecule has 2 aromatic heterocycles. The lowest BCUT2D eigenvalue weighted by atomic mass is 10.2. The van der Waals surface area contributed by atoms with Gasteiger partial charge in [-0.05, 0) is 25.5 Å². The Morgan fingerprint density at radius 3 is 2.53 bits per heavy atom. The third-order valence-corrected chi connectivity index (χ3v) is 2.39. The van der Waals surface area contributed by atoms with Gasteiger partial charge in [0.05, 0.1) is 0 Å². The summed E-state index contributed by atoms with van der Waals surface area (Å²) in [5, 5.41) is 7.94. The molecular weight excluding hydrogens is 216 g/mol. The lowest BCUT2D eigenvalue weighted by molar-refractivity contribution is 0.1000. The van der Waals surface area contributed by atoms with Gasteiger partial charge in [0.15, 0.2) is 5.65 Å². The summed E-state index contributed by atoms with van der Waals surface area (Å²) in [6.45, 7) is 7.89. The Morgan fingerprint density at radius 2 is 2.00 bits per heavy atom. The number of carbonyl (C=O) groups is 1. The molecule has 0 unspecified atom stereocenters. The molecule has 0 fully saturated rings. The lowest BCUT2D eigenvalue weighted by Gasteiger charge is -2.05. The maximum Gasteiger partial charge on any atom is 0.248 e. The van der Waals surface area contributed by atoms with Gasteiger partial charge in [-0.3, -0.25) is 9.20 Å². The minimum absolute atomic E-state index is 0.437. The van der Waals surface area contributed by atoms with E-state index in [-0.39, 0.29) is 0 Å². The first kappa shape index (κ1) is 13.2. The molecule has 0 radical (unpaired) electrons. The van der Waals surface area contributed by atoms with E-state index in [4.69, 9.17) is 5.73 Å². The average molecular weight is 234 g/mol. The van der Waals surface area contributed by atoms with Crippen molar-refractivity contribution in [1.82, 2.24) is 14.6 Å². The fourth-order valence-electron chi connectivity index (χ4n) is 1.65. The van der Waals surface area contributed by atoms with Crippen molar-refractivity contribution < 1.29 is 4.79 Å². The van der Waals surface area contributed by atoms with Gasteiger partial charge in [-0.25, -0.2) is 0 Å². The number of pyridine rings is 1. The first-order valence-corrected chi connectivity index (χ1v) is 5.78. The van der Waals surface area contributed by atoms with Crippen LogP contribution in [0.4, 0.5) is 0 Å². The summed E-state index contributed by atoms with van der Waals surface area (Å²) in [5.41, 5.74) is 7.37. The van der Waals surface area contributed by atoms with E-state index in [0.29, 0.717) is 11.2 Å². The summed E-state index contributed by atoms with van der Waals surface area (Å²) in [4.78, 5) is 11.1. The molecule has 0 atom stereocenters. The molecule has 2 N–H and O–H groups in total. The lowest BCUT2D eigenvalue weighted by Crippen LogP contribution is -2.12. The molecular formula is C12H18N4O. The third kappa shape index (κ3) is 2.43. The number of hydrogen-bond donors (Lipinski definition) is 1. The Bertz CT molecular complexity index is 531. The molecule has 0 aliphatic rings. The monoisotopic (exact) mass is 234 g/mol. The first-order valence-electron chi connectivity index (χ1n) is 5.78. The average Bonchev–Trinajstić information content (AvgIpc) is 2.72. The van der Waals surface area contributed by atoms with E-state index in [1.807, 2.05) is 32.1 Å². The molecule has 0 saturated heterocycles. The van der Waals surface area contributed by atoms with Crippen LogP contribution in [0, 0.1) is 6.92 Å². The number of nitrogens with two attached hydrogens (primary N) is 1. The fourth-order valence-corrected chi connectivity index (χ4v) is 1.65. The second kappa shape index (κ2) is 5.43. The van der Waals surface area contributed by atoms with Gasteiger partial charge in [0, 0.05) is 11.3 Å². The number of rotatable bonds is 2. The second-order valence-electron chi connectivity index (χ2n) is 3.39. The molecule has 0 aromatic carbocycles. The van der Waals surface area contributed by atoms with E-state index in [1.165, 1.54) is 0 Å². The van der Waals surface area contributed by atoms with Gasteiger partial charge in [-0.15, -0.1) is 10.2 Å². The van der Waals surface area contributed by atoms with Crippen molar-refractivity contribution in [3.05, 3.63) is 29.2 Å².